The van der Waals surface area contributed by atoms with E-state index in [2.05, 4.69) is 10.3 Å². The van der Waals surface area contributed by atoms with Gasteiger partial charge >= 0.3 is 0 Å². The Labute approximate surface area is 128 Å². The summed E-state index contributed by atoms with van der Waals surface area (Å²) in [5.74, 6) is -0.674. The highest BCUT2D eigenvalue weighted by Gasteiger charge is 2.29. The van der Waals surface area contributed by atoms with Crippen molar-refractivity contribution in [1.29, 1.82) is 0 Å². The van der Waals surface area contributed by atoms with Gasteiger partial charge in [0.25, 0.3) is 5.91 Å². The molecular weight excluding hydrogens is 289 g/mol. The molecule has 0 radical (unpaired) electrons. The van der Waals surface area contributed by atoms with Gasteiger partial charge in [-0.25, -0.2) is 4.39 Å². The van der Waals surface area contributed by atoms with Crippen LogP contribution in [0.4, 0.5) is 10.1 Å². The summed E-state index contributed by atoms with van der Waals surface area (Å²) in [5.41, 5.74) is 4.86. The van der Waals surface area contributed by atoms with Gasteiger partial charge in [-0.3, -0.25) is 9.78 Å². The van der Waals surface area contributed by atoms with Crippen LogP contribution in [0.1, 0.15) is 36.3 Å². The number of nitrogens with zero attached hydrogens (tertiary/aromatic N) is 1. The summed E-state index contributed by atoms with van der Waals surface area (Å²) in [4.78, 5) is 15.8. The summed E-state index contributed by atoms with van der Waals surface area (Å²) >= 11 is 0. The number of amides is 1. The number of aliphatic hydroxyl groups is 1. The zero-order valence-corrected chi connectivity index (χ0v) is 12.8. The highest BCUT2D eigenvalue weighted by molar-refractivity contribution is 5.99. The standard InChI is InChI=1S/C15H22FN3O3/c1-15(2,21)12(16)7-11-13(14(17)20)10(3-5-18-11)19-9-4-6-22-8-9/h3,5,9,12,21H,4,6-8H2,1-2H3,(H2,17,20)(H,18,19). The number of hydrogen-bond donors (Lipinski definition) is 3. The van der Waals surface area contributed by atoms with Gasteiger partial charge in [-0.15, -0.1) is 0 Å². The summed E-state index contributed by atoms with van der Waals surface area (Å²) in [7, 11) is 0. The fourth-order valence-electron chi connectivity index (χ4n) is 2.34. The lowest BCUT2D eigenvalue weighted by Crippen LogP contribution is -2.35. The largest absolute Gasteiger partial charge is 0.387 e. The summed E-state index contributed by atoms with van der Waals surface area (Å²) < 4.78 is 19.4. The molecule has 22 heavy (non-hydrogen) atoms. The quantitative estimate of drug-likeness (QED) is 0.729. The van der Waals surface area contributed by atoms with Crippen molar-refractivity contribution in [1.82, 2.24) is 4.98 Å². The Hall–Kier alpha value is -1.73. The second-order valence-electron chi connectivity index (χ2n) is 6.07. The fraction of sp³-hybridized carbons (Fsp3) is 0.600. The number of carbonyl (C=O) groups excluding carboxylic acids is 1. The van der Waals surface area contributed by atoms with Crippen molar-refractivity contribution in [2.24, 2.45) is 5.73 Å². The molecule has 0 bridgehead atoms. The van der Waals surface area contributed by atoms with E-state index in [4.69, 9.17) is 10.5 Å². The average Bonchev–Trinajstić information content (AvgIpc) is 2.90. The third-order valence-corrected chi connectivity index (χ3v) is 3.70. The molecule has 1 aromatic heterocycles. The lowest BCUT2D eigenvalue weighted by molar-refractivity contribution is -0.00307. The number of rotatable bonds is 6. The Kier molecular flexibility index (Phi) is 4.97. The Morgan fingerprint density at radius 1 is 1.68 bits per heavy atom. The van der Waals surface area contributed by atoms with Gasteiger partial charge in [-0.2, -0.15) is 0 Å². The molecule has 6 nitrogen and oxygen atoms in total. The second kappa shape index (κ2) is 6.58. The van der Waals surface area contributed by atoms with Crippen molar-refractivity contribution < 1.29 is 19.0 Å². The number of carbonyl (C=O) groups is 1. The summed E-state index contributed by atoms with van der Waals surface area (Å²) in [6, 6.07) is 1.72. The summed E-state index contributed by atoms with van der Waals surface area (Å²) in [6.45, 7) is 3.96. The minimum absolute atomic E-state index is 0.0869. The number of alkyl halides is 1. The molecule has 0 saturated carbocycles. The van der Waals surface area contributed by atoms with Gasteiger partial charge in [0.05, 0.1) is 35.2 Å². The number of pyridine rings is 1. The Bertz CT molecular complexity index is 539. The topological polar surface area (TPSA) is 97.5 Å². The smallest absolute Gasteiger partial charge is 0.252 e. The van der Waals surface area contributed by atoms with E-state index in [9.17, 15) is 14.3 Å². The Balaban J connectivity index is 2.27. The van der Waals surface area contributed by atoms with Crippen LogP contribution < -0.4 is 11.1 Å². The molecule has 1 saturated heterocycles. The van der Waals surface area contributed by atoms with Crippen molar-refractivity contribution >= 4 is 11.6 Å². The predicted molar refractivity (Wildman–Crippen MR) is 80.5 cm³/mol. The van der Waals surface area contributed by atoms with Crippen LogP contribution in [-0.2, 0) is 11.2 Å². The molecule has 4 N–H and O–H groups in total. The molecule has 1 aromatic rings. The van der Waals surface area contributed by atoms with Gasteiger partial charge in [-0.05, 0) is 26.3 Å². The number of nitrogens with one attached hydrogen (secondary N) is 1. The molecule has 122 valence electrons. The first-order valence-electron chi connectivity index (χ1n) is 7.27. The molecule has 1 amide bonds. The molecule has 1 aliphatic heterocycles. The number of ether oxygens (including phenoxy) is 1. The second-order valence-corrected chi connectivity index (χ2v) is 6.07. The SMILES string of the molecule is CC(C)(O)C(F)Cc1nccc(NC2CCOC2)c1C(N)=O. The molecule has 7 heteroatoms. The molecular formula is C15H22FN3O3. The Morgan fingerprint density at radius 3 is 2.95 bits per heavy atom. The van der Waals surface area contributed by atoms with E-state index >= 15 is 0 Å². The maximum atomic E-state index is 14.1. The zero-order chi connectivity index (χ0) is 16.3. The van der Waals surface area contributed by atoms with E-state index in [1.165, 1.54) is 20.0 Å². The van der Waals surface area contributed by atoms with Crippen molar-refractivity contribution in [2.75, 3.05) is 18.5 Å². The van der Waals surface area contributed by atoms with Crippen molar-refractivity contribution in [3.05, 3.63) is 23.5 Å². The third kappa shape index (κ3) is 3.92. The van der Waals surface area contributed by atoms with Gasteiger partial charge in [0.15, 0.2) is 0 Å². The predicted octanol–water partition coefficient (Wildman–Crippen LogP) is 1.03. The first-order chi connectivity index (χ1) is 10.3. The van der Waals surface area contributed by atoms with Crippen LogP contribution in [0.25, 0.3) is 0 Å². The van der Waals surface area contributed by atoms with Gasteiger partial charge in [-0.1, -0.05) is 0 Å². The fourth-order valence-corrected chi connectivity index (χ4v) is 2.34. The molecule has 1 fully saturated rings. The zero-order valence-electron chi connectivity index (χ0n) is 12.8. The van der Waals surface area contributed by atoms with E-state index in [1.54, 1.807) is 6.07 Å². The van der Waals surface area contributed by atoms with E-state index < -0.39 is 17.7 Å². The minimum atomic E-state index is -1.55. The van der Waals surface area contributed by atoms with Crippen LogP contribution in [0.2, 0.25) is 0 Å². The number of aromatic nitrogens is 1. The van der Waals surface area contributed by atoms with Gasteiger partial charge in [0.1, 0.15) is 6.17 Å². The van der Waals surface area contributed by atoms with E-state index in [0.717, 1.165) is 6.42 Å². The highest BCUT2D eigenvalue weighted by Crippen LogP contribution is 2.24. The van der Waals surface area contributed by atoms with Crippen LogP contribution in [0.3, 0.4) is 0 Å². The first-order valence-corrected chi connectivity index (χ1v) is 7.27. The molecule has 0 spiro atoms. The Morgan fingerprint density at radius 2 is 2.41 bits per heavy atom. The molecule has 1 aliphatic rings. The molecule has 0 aliphatic carbocycles. The number of anilines is 1. The number of primary amides is 1. The van der Waals surface area contributed by atoms with Gasteiger partial charge in [0, 0.05) is 19.2 Å². The maximum Gasteiger partial charge on any atom is 0.252 e. The van der Waals surface area contributed by atoms with Crippen molar-refractivity contribution in [3.63, 3.8) is 0 Å². The lowest BCUT2D eigenvalue weighted by Gasteiger charge is -2.23. The monoisotopic (exact) mass is 311 g/mol. The average molecular weight is 311 g/mol. The third-order valence-electron chi connectivity index (χ3n) is 3.70. The van der Waals surface area contributed by atoms with E-state index in [0.29, 0.717) is 18.9 Å². The lowest BCUT2D eigenvalue weighted by atomic mass is 9.96. The van der Waals surface area contributed by atoms with E-state index in [1.807, 2.05) is 0 Å². The van der Waals surface area contributed by atoms with Crippen LogP contribution in [0.15, 0.2) is 12.3 Å². The summed E-state index contributed by atoms with van der Waals surface area (Å²) in [5, 5.41) is 12.9. The van der Waals surface area contributed by atoms with Gasteiger partial charge < -0.3 is 20.9 Å². The summed E-state index contributed by atoms with van der Waals surface area (Å²) in [6.07, 6.45) is 0.587. The molecule has 0 aromatic carbocycles. The van der Waals surface area contributed by atoms with Crippen LogP contribution in [0.5, 0.6) is 0 Å². The van der Waals surface area contributed by atoms with Gasteiger partial charge in [0.2, 0.25) is 0 Å². The maximum absolute atomic E-state index is 14.1. The highest BCUT2D eigenvalue weighted by atomic mass is 19.1. The van der Waals surface area contributed by atoms with Crippen molar-refractivity contribution in [2.45, 2.75) is 44.5 Å². The van der Waals surface area contributed by atoms with Crippen LogP contribution in [-0.4, -0.2) is 47.0 Å². The number of halogens is 1. The van der Waals surface area contributed by atoms with Crippen molar-refractivity contribution in [3.8, 4) is 0 Å². The first kappa shape index (κ1) is 16.6. The molecule has 2 unspecified atom stereocenters. The van der Waals surface area contributed by atoms with Crippen LogP contribution in [0, 0.1) is 0 Å². The number of hydrogen-bond acceptors (Lipinski definition) is 5. The number of nitrogens with two attached hydrogens (primary N) is 1. The van der Waals surface area contributed by atoms with Crippen LogP contribution >= 0.6 is 0 Å². The minimum Gasteiger partial charge on any atom is -0.387 e. The molecule has 2 rings (SSSR count). The van der Waals surface area contributed by atoms with E-state index in [-0.39, 0.29) is 23.7 Å². The normalized spacial score (nSPS) is 19.9. The molecule has 2 heterocycles. The molecule has 2 atom stereocenters.